The summed E-state index contributed by atoms with van der Waals surface area (Å²) in [7, 11) is 0. The molecule has 0 bridgehead atoms. The van der Waals surface area contributed by atoms with Gasteiger partial charge in [-0.25, -0.2) is 0 Å². The third-order valence-electron chi connectivity index (χ3n) is 5.96. The quantitative estimate of drug-likeness (QED) is 0.755. The van der Waals surface area contributed by atoms with Crippen molar-refractivity contribution in [3.63, 3.8) is 0 Å². The number of nitrogens with zero attached hydrogens (tertiary/aromatic N) is 2. The number of hydrogen-bond acceptors (Lipinski definition) is 4. The van der Waals surface area contributed by atoms with Crippen molar-refractivity contribution < 1.29 is 22.9 Å². The third-order valence-corrected chi connectivity index (χ3v) is 7.16. The lowest BCUT2D eigenvalue weighted by Crippen LogP contribution is -3.15. The van der Waals surface area contributed by atoms with Gasteiger partial charge in [0, 0.05) is 10.6 Å². The van der Waals surface area contributed by atoms with Crippen LogP contribution in [0.3, 0.4) is 0 Å². The largest absolute Gasteiger partial charge is 0.416 e. The summed E-state index contributed by atoms with van der Waals surface area (Å²) < 4.78 is 38.9. The Bertz CT molecular complexity index is 1000. The summed E-state index contributed by atoms with van der Waals surface area (Å²) in [5, 5.41) is 13.1. The predicted octanol–water partition coefficient (Wildman–Crippen LogP) is 2.86. The second-order valence-electron chi connectivity index (χ2n) is 8.04. The molecule has 0 spiro atoms. The first kappa shape index (κ1) is 21.7. The van der Waals surface area contributed by atoms with E-state index in [1.807, 2.05) is 4.90 Å². The summed E-state index contributed by atoms with van der Waals surface area (Å²) in [4.78, 5) is 16.8. The molecule has 1 saturated heterocycles. The molecule has 1 amide bonds. The molecule has 1 fully saturated rings. The van der Waals surface area contributed by atoms with Crippen molar-refractivity contribution >= 4 is 27.9 Å². The zero-order valence-corrected chi connectivity index (χ0v) is 17.8. The zero-order chi connectivity index (χ0) is 22.0. The highest BCUT2D eigenvalue weighted by atomic mass is 32.1. The SMILES string of the molecule is N#Cc1c(NC(=O)C[NH+]2CCN(c3cccc(C(F)(F)F)c3)CC2)sc2c1CCCC2. The number of carbonyl (C=O) groups is 1. The molecule has 1 aliphatic heterocycles. The zero-order valence-electron chi connectivity index (χ0n) is 17.0. The number of anilines is 2. The molecule has 1 aliphatic carbocycles. The van der Waals surface area contributed by atoms with E-state index in [0.29, 0.717) is 42.4 Å². The smallest absolute Gasteiger partial charge is 0.360 e. The van der Waals surface area contributed by atoms with E-state index in [1.165, 1.54) is 28.3 Å². The highest BCUT2D eigenvalue weighted by molar-refractivity contribution is 7.16. The van der Waals surface area contributed by atoms with Gasteiger partial charge in [0.25, 0.3) is 5.91 Å². The van der Waals surface area contributed by atoms with Crippen LogP contribution in [0.2, 0.25) is 0 Å². The number of aryl methyl sites for hydroxylation is 1. The molecule has 0 atom stereocenters. The van der Waals surface area contributed by atoms with Crippen LogP contribution in [0.1, 0.15) is 34.4 Å². The Kier molecular flexibility index (Phi) is 6.21. The summed E-state index contributed by atoms with van der Waals surface area (Å²) in [6, 6.07) is 7.63. The highest BCUT2D eigenvalue weighted by Crippen LogP contribution is 2.37. The number of rotatable bonds is 4. The molecule has 2 heterocycles. The number of fused-ring (bicyclic) bond motifs is 1. The van der Waals surface area contributed by atoms with Gasteiger partial charge in [0.1, 0.15) is 11.1 Å². The number of hydrogen-bond donors (Lipinski definition) is 2. The van der Waals surface area contributed by atoms with Crippen LogP contribution in [0.4, 0.5) is 23.9 Å². The van der Waals surface area contributed by atoms with E-state index in [9.17, 15) is 23.2 Å². The number of quaternary nitrogens is 1. The number of halogens is 3. The van der Waals surface area contributed by atoms with Gasteiger partial charge in [-0.15, -0.1) is 11.3 Å². The first-order valence-electron chi connectivity index (χ1n) is 10.5. The highest BCUT2D eigenvalue weighted by Gasteiger charge is 2.31. The summed E-state index contributed by atoms with van der Waals surface area (Å²) >= 11 is 1.51. The van der Waals surface area contributed by atoms with Gasteiger partial charge in [-0.2, -0.15) is 18.4 Å². The molecular formula is C22H24F3N4OS+. The summed E-state index contributed by atoms with van der Waals surface area (Å²) in [5.41, 5.74) is 1.61. The topological polar surface area (TPSA) is 60.6 Å². The fourth-order valence-electron chi connectivity index (χ4n) is 4.31. The molecule has 1 aromatic carbocycles. The van der Waals surface area contributed by atoms with E-state index in [4.69, 9.17) is 0 Å². The average Bonchev–Trinajstić information content (AvgIpc) is 3.10. The van der Waals surface area contributed by atoms with Gasteiger partial charge < -0.3 is 15.1 Å². The maximum absolute atomic E-state index is 13.0. The summed E-state index contributed by atoms with van der Waals surface area (Å²) in [6.07, 6.45) is -0.302. The lowest BCUT2D eigenvalue weighted by Gasteiger charge is -2.33. The van der Waals surface area contributed by atoms with Crippen LogP contribution in [0.15, 0.2) is 24.3 Å². The van der Waals surface area contributed by atoms with Crippen LogP contribution in [0, 0.1) is 11.3 Å². The summed E-state index contributed by atoms with van der Waals surface area (Å²) in [6.45, 7) is 2.77. The minimum Gasteiger partial charge on any atom is -0.360 e. The molecule has 2 aliphatic rings. The minimum atomic E-state index is -4.36. The van der Waals surface area contributed by atoms with Gasteiger partial charge in [0.2, 0.25) is 0 Å². The number of benzene rings is 1. The Morgan fingerprint density at radius 1 is 1.23 bits per heavy atom. The minimum absolute atomic E-state index is 0.127. The Morgan fingerprint density at radius 3 is 2.68 bits per heavy atom. The van der Waals surface area contributed by atoms with Gasteiger partial charge >= 0.3 is 6.18 Å². The number of piperazine rings is 1. The molecule has 0 radical (unpaired) electrons. The second-order valence-corrected chi connectivity index (χ2v) is 9.14. The van der Waals surface area contributed by atoms with E-state index in [0.717, 1.165) is 42.2 Å². The normalized spacial score (nSPS) is 17.2. The molecular weight excluding hydrogens is 425 g/mol. The van der Waals surface area contributed by atoms with Gasteiger partial charge in [0.15, 0.2) is 6.54 Å². The van der Waals surface area contributed by atoms with Crippen LogP contribution >= 0.6 is 11.3 Å². The first-order chi connectivity index (χ1) is 14.8. The van der Waals surface area contributed by atoms with Crippen molar-refractivity contribution in [1.82, 2.24) is 0 Å². The van der Waals surface area contributed by atoms with Gasteiger partial charge in [0.05, 0.1) is 37.3 Å². The number of alkyl halides is 3. The van der Waals surface area contributed by atoms with Crippen LogP contribution in [0.25, 0.3) is 0 Å². The maximum atomic E-state index is 13.0. The second kappa shape index (κ2) is 8.89. The van der Waals surface area contributed by atoms with Crippen LogP contribution in [-0.4, -0.2) is 38.6 Å². The average molecular weight is 450 g/mol. The van der Waals surface area contributed by atoms with Crippen molar-refractivity contribution in [3.05, 3.63) is 45.8 Å². The molecule has 2 aromatic rings. The molecule has 2 N–H and O–H groups in total. The molecule has 9 heteroatoms. The number of amides is 1. The fraction of sp³-hybridized carbons (Fsp3) is 0.455. The van der Waals surface area contributed by atoms with Crippen molar-refractivity contribution in [2.24, 2.45) is 0 Å². The van der Waals surface area contributed by atoms with Crippen LogP contribution in [-0.2, 0) is 23.8 Å². The number of nitriles is 1. The lowest BCUT2D eigenvalue weighted by atomic mass is 9.96. The Balaban J connectivity index is 1.33. The predicted molar refractivity (Wildman–Crippen MR) is 114 cm³/mol. The van der Waals surface area contributed by atoms with E-state index < -0.39 is 11.7 Å². The van der Waals surface area contributed by atoms with Crippen LogP contribution < -0.4 is 15.1 Å². The molecule has 4 rings (SSSR count). The van der Waals surface area contributed by atoms with E-state index >= 15 is 0 Å². The molecule has 31 heavy (non-hydrogen) atoms. The molecule has 0 unspecified atom stereocenters. The molecule has 164 valence electrons. The number of nitrogens with one attached hydrogen (secondary N) is 2. The third kappa shape index (κ3) is 4.86. The van der Waals surface area contributed by atoms with Gasteiger partial charge in [-0.3, -0.25) is 4.79 Å². The van der Waals surface area contributed by atoms with Gasteiger partial charge in [-0.05, 0) is 49.4 Å². The van der Waals surface area contributed by atoms with Crippen molar-refractivity contribution in [3.8, 4) is 6.07 Å². The van der Waals surface area contributed by atoms with E-state index in [1.54, 1.807) is 6.07 Å². The van der Waals surface area contributed by atoms with Gasteiger partial charge in [-0.1, -0.05) is 6.07 Å². The monoisotopic (exact) mass is 449 g/mol. The van der Waals surface area contributed by atoms with E-state index in [2.05, 4.69) is 11.4 Å². The lowest BCUT2D eigenvalue weighted by molar-refractivity contribution is -0.892. The molecule has 1 aromatic heterocycles. The fourth-order valence-corrected chi connectivity index (χ4v) is 5.56. The standard InChI is InChI=1S/C22H23F3N4OS/c23-22(24,25)15-4-3-5-16(12-15)29-10-8-28(9-11-29)14-20(30)27-21-18(13-26)17-6-1-2-7-19(17)31-21/h3-5,12H,1-2,6-11,14H2,(H,27,30)/p+1. The number of carbonyl (C=O) groups excluding carboxylic acids is 1. The van der Waals surface area contributed by atoms with Crippen molar-refractivity contribution in [1.29, 1.82) is 5.26 Å². The van der Waals surface area contributed by atoms with Crippen molar-refractivity contribution in [2.75, 3.05) is 42.9 Å². The Morgan fingerprint density at radius 2 is 1.97 bits per heavy atom. The Hall–Kier alpha value is -2.57. The Labute approximate surface area is 183 Å². The molecule has 0 saturated carbocycles. The van der Waals surface area contributed by atoms with E-state index in [-0.39, 0.29) is 12.5 Å². The maximum Gasteiger partial charge on any atom is 0.416 e. The molecule has 5 nitrogen and oxygen atoms in total. The van der Waals surface area contributed by atoms with Crippen molar-refractivity contribution in [2.45, 2.75) is 31.9 Å². The number of thiophene rings is 1. The first-order valence-corrected chi connectivity index (χ1v) is 11.3. The van der Waals surface area contributed by atoms with Crippen LogP contribution in [0.5, 0.6) is 0 Å². The summed E-state index contributed by atoms with van der Waals surface area (Å²) in [5.74, 6) is -0.127.